The molecule has 0 radical (unpaired) electrons. The molecule has 0 fully saturated rings. The van der Waals surface area contributed by atoms with E-state index < -0.39 is 35.6 Å². The second kappa shape index (κ2) is 10.7. The van der Waals surface area contributed by atoms with Gasteiger partial charge in [0.15, 0.2) is 12.2 Å². The minimum Gasteiger partial charge on any atom is -0.479 e. The number of carboxylic acids is 2. The summed E-state index contributed by atoms with van der Waals surface area (Å²) in [7, 11) is 0. The molecule has 0 bridgehead atoms. The van der Waals surface area contributed by atoms with Crippen molar-refractivity contribution in [1.82, 2.24) is 0 Å². The van der Waals surface area contributed by atoms with Crippen molar-refractivity contribution >= 4 is 29.6 Å². The van der Waals surface area contributed by atoms with Gasteiger partial charge >= 0.3 is 11.9 Å². The molecule has 1 amide bonds. The molecule has 0 spiro atoms. The summed E-state index contributed by atoms with van der Waals surface area (Å²) in [5.41, 5.74) is 11.2. The van der Waals surface area contributed by atoms with Crippen LogP contribution < -0.4 is 11.5 Å². The standard InChI is InChI=1S/C11H16N2OS.C4H6O6/c1-11(13,10(12)14)8-15-7-9-5-3-2-4-6-9;5-1(3(7)8)2(6)4(9)10/h2-6H,7-8,13H2,1H3,(H2,12,14);1-2,5-6H,(H,7,8)(H,9,10). The second-order valence-corrected chi connectivity index (χ2v) is 6.31. The summed E-state index contributed by atoms with van der Waals surface area (Å²) >= 11 is 1.62. The minimum atomic E-state index is -2.27. The number of carbonyl (C=O) groups is 3. The Hall–Kier alpha value is -2.14. The van der Waals surface area contributed by atoms with Crippen molar-refractivity contribution < 1.29 is 34.8 Å². The Balaban J connectivity index is 0.000000504. The van der Waals surface area contributed by atoms with Crippen molar-refractivity contribution in [3.8, 4) is 0 Å². The zero-order valence-corrected chi connectivity index (χ0v) is 14.3. The highest BCUT2D eigenvalue weighted by molar-refractivity contribution is 7.98. The molecular weight excluding hydrogens is 352 g/mol. The molecule has 9 nitrogen and oxygen atoms in total. The van der Waals surface area contributed by atoms with E-state index in [-0.39, 0.29) is 0 Å². The molecule has 1 rings (SSSR count). The van der Waals surface area contributed by atoms with Gasteiger partial charge in [0.25, 0.3) is 0 Å². The first-order chi connectivity index (χ1) is 11.5. The summed E-state index contributed by atoms with van der Waals surface area (Å²) in [5.74, 6) is -2.61. The summed E-state index contributed by atoms with van der Waals surface area (Å²) in [6, 6.07) is 10.1. The van der Waals surface area contributed by atoms with Crippen LogP contribution in [0.15, 0.2) is 30.3 Å². The zero-order chi connectivity index (χ0) is 19.6. The highest BCUT2D eigenvalue weighted by atomic mass is 32.2. The maximum atomic E-state index is 10.9. The number of primary amides is 1. The molecule has 3 atom stereocenters. The van der Waals surface area contributed by atoms with Crippen LogP contribution in [0.3, 0.4) is 0 Å². The maximum absolute atomic E-state index is 10.9. The number of aliphatic hydroxyl groups excluding tert-OH is 2. The Morgan fingerprint density at radius 1 is 1.08 bits per heavy atom. The zero-order valence-electron chi connectivity index (χ0n) is 13.5. The molecule has 0 saturated heterocycles. The summed E-state index contributed by atoms with van der Waals surface area (Å²) in [6.07, 6.45) is -4.53. The maximum Gasteiger partial charge on any atom is 0.335 e. The molecule has 0 aliphatic carbocycles. The summed E-state index contributed by atoms with van der Waals surface area (Å²) < 4.78 is 0. The van der Waals surface area contributed by atoms with Gasteiger partial charge in [0.05, 0.1) is 0 Å². The fourth-order valence-electron chi connectivity index (χ4n) is 1.30. The normalized spacial score (nSPS) is 15.0. The molecule has 0 aliphatic rings. The molecule has 25 heavy (non-hydrogen) atoms. The smallest absolute Gasteiger partial charge is 0.335 e. The molecule has 0 heterocycles. The third kappa shape index (κ3) is 9.05. The van der Waals surface area contributed by atoms with Crippen LogP contribution in [0.4, 0.5) is 0 Å². The molecule has 140 valence electrons. The monoisotopic (exact) mass is 374 g/mol. The molecule has 1 aromatic carbocycles. The van der Waals surface area contributed by atoms with E-state index in [0.29, 0.717) is 5.75 Å². The first-order valence-corrected chi connectivity index (χ1v) is 8.16. The van der Waals surface area contributed by atoms with E-state index in [2.05, 4.69) is 0 Å². The molecule has 0 aliphatic heterocycles. The predicted molar refractivity (Wildman–Crippen MR) is 91.7 cm³/mol. The lowest BCUT2D eigenvalue weighted by Crippen LogP contribution is -2.51. The minimum absolute atomic E-state index is 0.455. The van der Waals surface area contributed by atoms with Crippen molar-refractivity contribution in [2.45, 2.75) is 30.4 Å². The Bertz CT molecular complexity index is 563. The molecule has 3 unspecified atom stereocenters. The van der Waals surface area contributed by atoms with Crippen LogP contribution >= 0.6 is 11.8 Å². The fourth-order valence-corrected chi connectivity index (χ4v) is 2.39. The van der Waals surface area contributed by atoms with Crippen LogP contribution in [0, 0.1) is 0 Å². The number of rotatable bonds is 8. The quantitative estimate of drug-likeness (QED) is 0.332. The SMILES string of the molecule is CC(N)(CSCc1ccccc1)C(N)=O.O=C(O)C(O)C(O)C(=O)O. The highest BCUT2D eigenvalue weighted by Crippen LogP contribution is 2.16. The summed E-state index contributed by atoms with van der Waals surface area (Å²) in [4.78, 5) is 30.5. The number of thioether (sulfide) groups is 1. The lowest BCUT2D eigenvalue weighted by atomic mass is 10.1. The van der Waals surface area contributed by atoms with Gasteiger partial charge in [0.2, 0.25) is 5.91 Å². The van der Waals surface area contributed by atoms with Gasteiger partial charge in [0.1, 0.15) is 5.54 Å². The van der Waals surface area contributed by atoms with E-state index in [4.69, 9.17) is 31.9 Å². The van der Waals surface area contributed by atoms with E-state index >= 15 is 0 Å². The molecule has 10 heteroatoms. The van der Waals surface area contributed by atoms with Crippen LogP contribution in [-0.2, 0) is 20.1 Å². The van der Waals surface area contributed by atoms with Crippen LogP contribution in [0.5, 0.6) is 0 Å². The Labute approximate surface area is 148 Å². The fraction of sp³-hybridized carbons (Fsp3) is 0.400. The van der Waals surface area contributed by atoms with E-state index in [0.717, 1.165) is 5.75 Å². The number of carbonyl (C=O) groups excluding carboxylic acids is 1. The Morgan fingerprint density at radius 3 is 1.88 bits per heavy atom. The van der Waals surface area contributed by atoms with Crippen LogP contribution in [0.2, 0.25) is 0 Å². The largest absolute Gasteiger partial charge is 0.479 e. The lowest BCUT2D eigenvalue weighted by molar-refractivity contribution is -0.165. The van der Waals surface area contributed by atoms with Gasteiger partial charge in [-0.2, -0.15) is 11.8 Å². The molecule has 0 aromatic heterocycles. The van der Waals surface area contributed by atoms with E-state index in [9.17, 15) is 14.4 Å². The van der Waals surface area contributed by atoms with Gasteiger partial charge in [-0.05, 0) is 12.5 Å². The molecular formula is C15H22N2O7S. The van der Waals surface area contributed by atoms with Crippen molar-refractivity contribution in [2.75, 3.05) is 5.75 Å². The van der Waals surface area contributed by atoms with Crippen molar-refractivity contribution in [3.63, 3.8) is 0 Å². The predicted octanol–water partition coefficient (Wildman–Crippen LogP) is -1.00. The van der Waals surface area contributed by atoms with Gasteiger partial charge in [-0.3, -0.25) is 4.79 Å². The first-order valence-electron chi connectivity index (χ1n) is 7.01. The molecule has 0 saturated carbocycles. The van der Waals surface area contributed by atoms with E-state index in [1.165, 1.54) is 5.56 Å². The number of carboxylic acid groups (broad SMARTS) is 2. The number of hydrogen-bond acceptors (Lipinski definition) is 7. The number of benzene rings is 1. The molecule has 8 N–H and O–H groups in total. The number of amides is 1. The third-order valence-electron chi connectivity index (χ3n) is 2.88. The number of hydrogen-bond donors (Lipinski definition) is 6. The molecule has 1 aromatic rings. The summed E-state index contributed by atoms with van der Waals surface area (Å²) in [5, 5.41) is 32.5. The van der Waals surface area contributed by atoms with Gasteiger partial charge in [0, 0.05) is 11.5 Å². The van der Waals surface area contributed by atoms with Crippen LogP contribution in [0.25, 0.3) is 0 Å². The van der Waals surface area contributed by atoms with E-state index in [1.54, 1.807) is 18.7 Å². The summed E-state index contributed by atoms with van der Waals surface area (Å²) in [6.45, 7) is 1.66. The Morgan fingerprint density at radius 2 is 1.52 bits per heavy atom. The lowest BCUT2D eigenvalue weighted by Gasteiger charge is -2.19. The van der Waals surface area contributed by atoms with Crippen molar-refractivity contribution in [1.29, 1.82) is 0 Å². The van der Waals surface area contributed by atoms with Crippen molar-refractivity contribution in [3.05, 3.63) is 35.9 Å². The first kappa shape index (κ1) is 22.9. The van der Waals surface area contributed by atoms with Crippen LogP contribution in [0.1, 0.15) is 12.5 Å². The van der Waals surface area contributed by atoms with Crippen LogP contribution in [-0.4, -0.2) is 61.8 Å². The van der Waals surface area contributed by atoms with Gasteiger partial charge in [-0.25, -0.2) is 9.59 Å². The number of aliphatic carboxylic acids is 2. The van der Waals surface area contributed by atoms with Gasteiger partial charge < -0.3 is 31.9 Å². The average molecular weight is 374 g/mol. The topological polar surface area (TPSA) is 184 Å². The van der Waals surface area contributed by atoms with Gasteiger partial charge in [-0.1, -0.05) is 30.3 Å². The van der Waals surface area contributed by atoms with Gasteiger partial charge in [-0.15, -0.1) is 0 Å². The number of nitrogens with two attached hydrogens (primary N) is 2. The van der Waals surface area contributed by atoms with E-state index in [1.807, 2.05) is 30.3 Å². The highest BCUT2D eigenvalue weighted by Gasteiger charge is 2.29. The third-order valence-corrected chi connectivity index (χ3v) is 4.22. The Kier molecular flexibility index (Phi) is 9.76. The average Bonchev–Trinajstić information content (AvgIpc) is 2.54. The number of aliphatic hydroxyl groups is 2. The van der Waals surface area contributed by atoms with Crippen molar-refractivity contribution in [2.24, 2.45) is 11.5 Å². The second-order valence-electron chi connectivity index (χ2n) is 5.33.